The molecule has 0 aliphatic heterocycles. The third-order valence-corrected chi connectivity index (χ3v) is 2.15. The molecular weight excluding hydrogens is 218 g/mol. The Morgan fingerprint density at radius 2 is 2.47 bits per heavy atom. The predicted molar refractivity (Wildman–Crippen MR) is 56.9 cm³/mol. The van der Waals surface area contributed by atoms with Gasteiger partial charge >= 0.3 is 0 Å². The molecule has 1 rings (SSSR count). The van der Waals surface area contributed by atoms with E-state index in [0.29, 0.717) is 12.1 Å². The van der Waals surface area contributed by atoms with E-state index >= 15 is 0 Å². The summed E-state index contributed by atoms with van der Waals surface area (Å²) < 4.78 is 4.82. The first-order valence-electron chi connectivity index (χ1n) is 4.44. The fourth-order valence-electron chi connectivity index (χ4n) is 1.17. The van der Waals surface area contributed by atoms with E-state index in [0.717, 1.165) is 0 Å². The second-order valence-corrected chi connectivity index (χ2v) is 3.21. The zero-order valence-corrected chi connectivity index (χ0v) is 8.91. The van der Waals surface area contributed by atoms with E-state index in [1.807, 2.05) is 0 Å². The Bertz CT molecular complexity index is 348. The van der Waals surface area contributed by atoms with Crippen molar-refractivity contribution >= 4 is 17.5 Å². The molecule has 1 heterocycles. The zero-order valence-electron chi connectivity index (χ0n) is 8.15. The summed E-state index contributed by atoms with van der Waals surface area (Å²) in [6, 6.07) is 1.50. The summed E-state index contributed by atoms with van der Waals surface area (Å²) in [6.45, 7) is 4.04. The average molecular weight is 230 g/mol. The lowest BCUT2D eigenvalue weighted by molar-refractivity contribution is 0.0742. The van der Waals surface area contributed by atoms with Crippen molar-refractivity contribution in [3.8, 4) is 0 Å². The molecule has 0 saturated carbocycles. The van der Waals surface area contributed by atoms with Gasteiger partial charge in [0.05, 0.1) is 18.4 Å². The molecular formula is C10H12ClNO3. The first-order chi connectivity index (χ1) is 7.20. The molecule has 82 valence electrons. The second-order valence-electron chi connectivity index (χ2n) is 2.87. The van der Waals surface area contributed by atoms with Crippen LogP contribution in [-0.4, -0.2) is 35.6 Å². The SMILES string of the molecule is C=CCN(CCO)C(=O)c1ccoc1Cl. The fraction of sp³-hybridized carbons (Fsp3) is 0.300. The maximum Gasteiger partial charge on any atom is 0.259 e. The Labute approximate surface area is 92.7 Å². The number of halogens is 1. The molecule has 0 atom stereocenters. The van der Waals surface area contributed by atoms with Gasteiger partial charge in [0.25, 0.3) is 5.91 Å². The van der Waals surface area contributed by atoms with E-state index in [2.05, 4.69) is 6.58 Å². The Morgan fingerprint density at radius 1 is 1.73 bits per heavy atom. The van der Waals surface area contributed by atoms with E-state index in [9.17, 15) is 4.79 Å². The lowest BCUT2D eigenvalue weighted by atomic mass is 10.3. The Hall–Kier alpha value is -1.26. The third-order valence-electron chi connectivity index (χ3n) is 1.85. The van der Waals surface area contributed by atoms with Gasteiger partial charge in [0.2, 0.25) is 5.22 Å². The molecule has 0 saturated heterocycles. The van der Waals surface area contributed by atoms with Crippen molar-refractivity contribution in [3.63, 3.8) is 0 Å². The summed E-state index contributed by atoms with van der Waals surface area (Å²) in [6.07, 6.45) is 2.93. The molecule has 0 spiro atoms. The van der Waals surface area contributed by atoms with E-state index in [4.69, 9.17) is 21.1 Å². The summed E-state index contributed by atoms with van der Waals surface area (Å²) in [7, 11) is 0. The van der Waals surface area contributed by atoms with Crippen molar-refractivity contribution in [2.75, 3.05) is 19.7 Å². The van der Waals surface area contributed by atoms with E-state index in [1.165, 1.54) is 17.2 Å². The lowest BCUT2D eigenvalue weighted by Gasteiger charge is -2.18. The van der Waals surface area contributed by atoms with Gasteiger partial charge in [-0.3, -0.25) is 4.79 Å². The van der Waals surface area contributed by atoms with Crippen molar-refractivity contribution in [2.45, 2.75) is 0 Å². The number of rotatable bonds is 5. The predicted octanol–water partition coefficient (Wildman–Crippen LogP) is 1.55. The standard InChI is InChI=1S/C10H12ClNO3/c1-2-4-12(5-6-13)10(14)8-3-7-15-9(8)11/h2-3,7,13H,1,4-6H2. The number of hydrogen-bond acceptors (Lipinski definition) is 3. The van der Waals surface area contributed by atoms with Crippen molar-refractivity contribution in [3.05, 3.63) is 35.8 Å². The van der Waals surface area contributed by atoms with Crippen LogP contribution in [0.25, 0.3) is 0 Å². The van der Waals surface area contributed by atoms with E-state index < -0.39 is 0 Å². The highest BCUT2D eigenvalue weighted by molar-refractivity contribution is 6.32. The van der Waals surface area contributed by atoms with Crippen LogP contribution in [0.5, 0.6) is 0 Å². The molecule has 1 aromatic heterocycles. The van der Waals surface area contributed by atoms with E-state index in [1.54, 1.807) is 6.08 Å². The van der Waals surface area contributed by atoms with Crippen molar-refractivity contribution in [1.29, 1.82) is 0 Å². The van der Waals surface area contributed by atoms with Gasteiger partial charge in [-0.15, -0.1) is 6.58 Å². The Balaban J connectivity index is 2.80. The molecule has 4 nitrogen and oxygen atoms in total. The molecule has 1 N–H and O–H groups in total. The molecule has 5 heteroatoms. The lowest BCUT2D eigenvalue weighted by Crippen LogP contribution is -2.33. The molecule has 0 aromatic carbocycles. The van der Waals surface area contributed by atoms with Crippen LogP contribution in [0.4, 0.5) is 0 Å². The summed E-state index contributed by atoms with van der Waals surface area (Å²) in [5.74, 6) is -0.275. The van der Waals surface area contributed by atoms with Gasteiger partial charge in [0, 0.05) is 13.1 Å². The van der Waals surface area contributed by atoms with Crippen LogP contribution in [0.3, 0.4) is 0 Å². The fourth-order valence-corrected chi connectivity index (χ4v) is 1.36. The minimum Gasteiger partial charge on any atom is -0.452 e. The maximum absolute atomic E-state index is 11.8. The highest BCUT2D eigenvalue weighted by atomic mass is 35.5. The molecule has 0 unspecified atom stereocenters. The topological polar surface area (TPSA) is 53.7 Å². The minimum absolute atomic E-state index is 0.0620. The number of nitrogens with zero attached hydrogens (tertiary/aromatic N) is 1. The van der Waals surface area contributed by atoms with Crippen LogP contribution in [0, 0.1) is 0 Å². The van der Waals surface area contributed by atoms with Crippen molar-refractivity contribution in [1.82, 2.24) is 4.90 Å². The van der Waals surface area contributed by atoms with E-state index in [-0.39, 0.29) is 24.3 Å². The van der Waals surface area contributed by atoms with Crippen LogP contribution < -0.4 is 0 Å². The largest absolute Gasteiger partial charge is 0.452 e. The number of carbonyl (C=O) groups is 1. The molecule has 0 fully saturated rings. The number of furan rings is 1. The Morgan fingerprint density at radius 3 is 2.93 bits per heavy atom. The van der Waals surface area contributed by atoms with Gasteiger partial charge in [0.1, 0.15) is 0 Å². The zero-order chi connectivity index (χ0) is 11.3. The summed E-state index contributed by atoms with van der Waals surface area (Å²) in [5, 5.41) is 8.86. The molecule has 1 amide bonds. The molecule has 0 aliphatic carbocycles. The number of aliphatic hydroxyl groups excluding tert-OH is 1. The monoisotopic (exact) mass is 229 g/mol. The smallest absolute Gasteiger partial charge is 0.259 e. The third kappa shape index (κ3) is 2.84. The summed E-state index contributed by atoms with van der Waals surface area (Å²) >= 11 is 5.68. The first-order valence-corrected chi connectivity index (χ1v) is 4.82. The molecule has 1 aromatic rings. The molecule has 0 aliphatic rings. The van der Waals surface area contributed by atoms with Gasteiger partial charge < -0.3 is 14.4 Å². The average Bonchev–Trinajstić information content (AvgIpc) is 2.63. The number of aliphatic hydroxyl groups is 1. The van der Waals surface area contributed by atoms with Gasteiger partial charge in [-0.1, -0.05) is 6.08 Å². The van der Waals surface area contributed by atoms with Crippen LogP contribution in [-0.2, 0) is 0 Å². The molecule has 0 bridgehead atoms. The summed E-state index contributed by atoms with van der Waals surface area (Å²) in [4.78, 5) is 13.3. The van der Waals surface area contributed by atoms with Crippen LogP contribution >= 0.6 is 11.6 Å². The minimum atomic E-state index is -0.275. The number of amides is 1. The van der Waals surface area contributed by atoms with Crippen LogP contribution in [0.15, 0.2) is 29.4 Å². The van der Waals surface area contributed by atoms with Crippen LogP contribution in [0.2, 0.25) is 5.22 Å². The second kappa shape index (κ2) is 5.58. The van der Waals surface area contributed by atoms with Crippen molar-refractivity contribution < 1.29 is 14.3 Å². The first kappa shape index (κ1) is 11.8. The highest BCUT2D eigenvalue weighted by Crippen LogP contribution is 2.18. The van der Waals surface area contributed by atoms with Gasteiger partial charge in [0.15, 0.2) is 0 Å². The van der Waals surface area contributed by atoms with Gasteiger partial charge in [-0.05, 0) is 17.7 Å². The number of hydrogen-bond donors (Lipinski definition) is 1. The number of carbonyl (C=O) groups excluding carboxylic acids is 1. The Kier molecular flexibility index (Phi) is 4.39. The maximum atomic E-state index is 11.8. The van der Waals surface area contributed by atoms with Crippen LogP contribution in [0.1, 0.15) is 10.4 Å². The molecule has 0 radical (unpaired) electrons. The quantitative estimate of drug-likeness (QED) is 0.780. The van der Waals surface area contributed by atoms with Gasteiger partial charge in [-0.2, -0.15) is 0 Å². The van der Waals surface area contributed by atoms with Gasteiger partial charge in [-0.25, -0.2) is 0 Å². The summed E-state index contributed by atoms with van der Waals surface area (Å²) in [5.41, 5.74) is 0.298. The van der Waals surface area contributed by atoms with Crippen molar-refractivity contribution in [2.24, 2.45) is 0 Å². The highest BCUT2D eigenvalue weighted by Gasteiger charge is 2.18. The normalized spacial score (nSPS) is 10.0. The molecule has 15 heavy (non-hydrogen) atoms.